The molecule has 2 heterocycles. The zero-order valence-electron chi connectivity index (χ0n) is 19.4. The molecule has 0 spiro atoms. The molecule has 3 aromatic rings. The second-order valence-corrected chi connectivity index (χ2v) is 8.97. The molecule has 184 valence electrons. The molecule has 0 radical (unpaired) electrons. The fourth-order valence-electron chi connectivity index (χ4n) is 4.56. The van der Waals surface area contributed by atoms with Gasteiger partial charge in [-0.2, -0.15) is 0 Å². The predicted molar refractivity (Wildman–Crippen MR) is 129 cm³/mol. The first kappa shape index (κ1) is 24.1. The highest BCUT2D eigenvalue weighted by atomic mass is 16.8. The van der Waals surface area contributed by atoms with Crippen LogP contribution in [-0.4, -0.2) is 48.5 Å². The van der Waals surface area contributed by atoms with Crippen molar-refractivity contribution in [1.82, 2.24) is 0 Å². The van der Waals surface area contributed by atoms with Crippen molar-refractivity contribution in [2.24, 2.45) is 5.73 Å². The van der Waals surface area contributed by atoms with Gasteiger partial charge in [0.1, 0.15) is 23.9 Å². The number of aliphatic hydroxyl groups is 1. The van der Waals surface area contributed by atoms with E-state index in [-0.39, 0.29) is 13.2 Å². The number of benzene rings is 3. The second kappa shape index (κ2) is 11.0. The van der Waals surface area contributed by atoms with Crippen LogP contribution in [0.1, 0.15) is 23.0 Å². The minimum atomic E-state index is -1.36. The third kappa shape index (κ3) is 5.32. The summed E-state index contributed by atoms with van der Waals surface area (Å²) in [6, 6.07) is 29.3. The maximum Gasteiger partial charge on any atom is 0.184 e. The third-order valence-electron chi connectivity index (χ3n) is 6.49. The van der Waals surface area contributed by atoms with E-state index in [2.05, 4.69) is 0 Å². The molecule has 3 N–H and O–H groups in total. The van der Waals surface area contributed by atoms with Crippen LogP contribution in [0.4, 0.5) is 0 Å². The molecule has 6 atom stereocenters. The number of hydrogen-bond donors (Lipinski definition) is 2. The summed E-state index contributed by atoms with van der Waals surface area (Å²) in [4.78, 5) is 0. The van der Waals surface area contributed by atoms with Crippen molar-refractivity contribution in [3.05, 3.63) is 108 Å². The zero-order chi connectivity index (χ0) is 24.1. The molecule has 2 aliphatic heterocycles. The average molecular weight is 478 g/mol. The van der Waals surface area contributed by atoms with E-state index in [4.69, 9.17) is 29.4 Å². The van der Waals surface area contributed by atoms with Crippen LogP contribution in [0.25, 0.3) is 0 Å². The number of rotatable bonds is 8. The molecule has 3 aromatic carbocycles. The number of ether oxygens (including phenoxy) is 5. The Bertz CT molecular complexity index is 1050. The topological polar surface area (TPSA) is 92.4 Å². The quantitative estimate of drug-likeness (QED) is 0.514. The second-order valence-electron chi connectivity index (χ2n) is 8.97. The number of fused-ring (bicyclic) bond motifs is 1. The monoisotopic (exact) mass is 477 g/mol. The molecule has 2 fully saturated rings. The molecule has 7 nitrogen and oxygen atoms in total. The number of aliphatic hydroxyl groups excluding tert-OH is 1. The van der Waals surface area contributed by atoms with Gasteiger partial charge in [0.2, 0.25) is 0 Å². The Morgan fingerprint density at radius 1 is 0.800 bits per heavy atom. The lowest BCUT2D eigenvalue weighted by molar-refractivity contribution is -0.367. The van der Waals surface area contributed by atoms with Gasteiger partial charge in [0, 0.05) is 5.56 Å². The van der Waals surface area contributed by atoms with E-state index in [1.165, 1.54) is 0 Å². The van der Waals surface area contributed by atoms with Gasteiger partial charge in [-0.15, -0.1) is 0 Å². The van der Waals surface area contributed by atoms with Gasteiger partial charge in [-0.1, -0.05) is 91.0 Å². The minimum Gasteiger partial charge on any atom is -0.394 e. The van der Waals surface area contributed by atoms with Gasteiger partial charge in [-0.3, -0.25) is 0 Å². The highest BCUT2D eigenvalue weighted by molar-refractivity contribution is 5.18. The fraction of sp³-hybridized carbons (Fsp3) is 0.357. The van der Waals surface area contributed by atoms with Crippen molar-refractivity contribution in [3.8, 4) is 0 Å². The fourth-order valence-corrected chi connectivity index (χ4v) is 4.56. The van der Waals surface area contributed by atoms with Crippen molar-refractivity contribution < 1.29 is 28.8 Å². The minimum absolute atomic E-state index is 0.279. The molecule has 2 aliphatic rings. The van der Waals surface area contributed by atoms with Crippen molar-refractivity contribution in [1.29, 1.82) is 0 Å². The Hall–Kier alpha value is -2.62. The summed E-state index contributed by atoms with van der Waals surface area (Å²) in [5.74, 6) is 0. The molecule has 5 rings (SSSR count). The van der Waals surface area contributed by atoms with Gasteiger partial charge in [0.25, 0.3) is 0 Å². The Labute approximate surface area is 205 Å². The normalized spacial score (nSPS) is 30.5. The van der Waals surface area contributed by atoms with E-state index in [0.29, 0.717) is 6.61 Å². The van der Waals surface area contributed by atoms with Gasteiger partial charge < -0.3 is 34.5 Å². The Kier molecular flexibility index (Phi) is 7.55. The summed E-state index contributed by atoms with van der Waals surface area (Å²) in [6.07, 6.45) is -3.25. The van der Waals surface area contributed by atoms with Crippen molar-refractivity contribution >= 4 is 0 Å². The summed E-state index contributed by atoms with van der Waals surface area (Å²) in [6.45, 7) is 0.457. The third-order valence-corrected chi connectivity index (χ3v) is 6.49. The van der Waals surface area contributed by atoms with Crippen LogP contribution in [-0.2, 0) is 36.9 Å². The summed E-state index contributed by atoms with van der Waals surface area (Å²) >= 11 is 0. The van der Waals surface area contributed by atoms with E-state index < -0.39 is 43.0 Å². The maximum absolute atomic E-state index is 10.5. The van der Waals surface area contributed by atoms with Gasteiger partial charge >= 0.3 is 0 Å². The molecule has 35 heavy (non-hydrogen) atoms. The predicted octanol–water partition coefficient (Wildman–Crippen LogP) is 3.32. The van der Waals surface area contributed by atoms with Gasteiger partial charge in [0.15, 0.2) is 12.6 Å². The van der Waals surface area contributed by atoms with Gasteiger partial charge in [-0.05, 0) is 11.1 Å². The molecule has 0 aliphatic carbocycles. The average Bonchev–Trinajstić information content (AvgIpc) is 2.93. The van der Waals surface area contributed by atoms with E-state index in [9.17, 15) is 5.11 Å². The Morgan fingerprint density at radius 2 is 1.37 bits per heavy atom. The van der Waals surface area contributed by atoms with Crippen molar-refractivity contribution in [3.63, 3.8) is 0 Å². The Morgan fingerprint density at radius 3 is 1.97 bits per heavy atom. The Balaban J connectivity index is 1.40. The molecule has 7 heteroatoms. The molecule has 0 aromatic heterocycles. The lowest BCUT2D eigenvalue weighted by Gasteiger charge is -2.53. The van der Waals surface area contributed by atoms with Crippen LogP contribution in [0.3, 0.4) is 0 Å². The van der Waals surface area contributed by atoms with E-state index in [0.717, 1.165) is 16.7 Å². The highest BCUT2D eigenvalue weighted by Crippen LogP contribution is 2.39. The van der Waals surface area contributed by atoms with Crippen LogP contribution < -0.4 is 5.73 Å². The van der Waals surface area contributed by atoms with E-state index in [1.807, 2.05) is 91.0 Å². The van der Waals surface area contributed by atoms with E-state index in [1.54, 1.807) is 0 Å². The first-order chi connectivity index (χ1) is 17.2. The van der Waals surface area contributed by atoms with Gasteiger partial charge in [-0.25, -0.2) is 0 Å². The van der Waals surface area contributed by atoms with Crippen LogP contribution in [0, 0.1) is 0 Å². The highest BCUT2D eigenvalue weighted by Gasteiger charge is 2.58. The summed E-state index contributed by atoms with van der Waals surface area (Å²) < 4.78 is 31.1. The van der Waals surface area contributed by atoms with Crippen LogP contribution in [0.5, 0.6) is 0 Å². The first-order valence-corrected chi connectivity index (χ1v) is 11.9. The summed E-state index contributed by atoms with van der Waals surface area (Å²) in [5, 5.41) is 10.5. The molecule has 0 saturated carbocycles. The first-order valence-electron chi connectivity index (χ1n) is 11.9. The summed E-state index contributed by atoms with van der Waals surface area (Å²) in [5.41, 5.74) is 8.32. The molecular weight excluding hydrogens is 446 g/mol. The zero-order valence-corrected chi connectivity index (χ0v) is 19.4. The number of hydrogen-bond acceptors (Lipinski definition) is 7. The number of nitrogens with two attached hydrogens (primary N) is 1. The lowest BCUT2D eigenvalue weighted by Crippen LogP contribution is -2.75. The smallest absolute Gasteiger partial charge is 0.184 e. The molecule has 0 bridgehead atoms. The van der Waals surface area contributed by atoms with Crippen LogP contribution in [0.2, 0.25) is 0 Å². The van der Waals surface area contributed by atoms with Gasteiger partial charge in [0.05, 0.1) is 26.4 Å². The van der Waals surface area contributed by atoms with Crippen LogP contribution in [0.15, 0.2) is 91.0 Å². The largest absolute Gasteiger partial charge is 0.394 e. The van der Waals surface area contributed by atoms with E-state index >= 15 is 0 Å². The van der Waals surface area contributed by atoms with Crippen molar-refractivity contribution in [2.75, 3.05) is 13.2 Å². The molecule has 1 unspecified atom stereocenters. The van der Waals surface area contributed by atoms with Crippen LogP contribution >= 0.6 is 0 Å². The summed E-state index contributed by atoms with van der Waals surface area (Å²) in [7, 11) is 0. The molecule has 0 amide bonds. The molecular formula is C28H31NO6. The standard InChI is InChI=1S/C28H31NO6/c29-28(19-30)25(31-16-20-10-4-1-5-11-20)24-23(18-32-26(35-24)22-14-8-3-9-15-22)34-27(28)33-17-21-12-6-2-7-13-21/h1-15,23-27,30H,16-19,29H2/t23-,24-,25+,26?,27-,28-/m1/s1. The van der Waals surface area contributed by atoms with Crippen molar-refractivity contribution in [2.45, 2.75) is 49.6 Å². The lowest BCUT2D eigenvalue weighted by atomic mass is 9.84. The maximum atomic E-state index is 10.5. The molecule has 2 saturated heterocycles. The SMILES string of the molecule is N[C@@]1(CO)[C@H](OCc2ccccc2)O[C@@H]2COC(c3ccccc3)O[C@H]2[C@@H]1OCc1ccccc1.